The number of benzene rings is 1. The fourth-order valence-electron chi connectivity index (χ4n) is 3.89. The Hall–Kier alpha value is -1.03. The first-order valence-electron chi connectivity index (χ1n) is 8.73. The fraction of sp³-hybridized carbons (Fsp3) is 0.526. The number of piperidine rings is 1. The van der Waals surface area contributed by atoms with Crippen molar-refractivity contribution in [3.8, 4) is 0 Å². The summed E-state index contributed by atoms with van der Waals surface area (Å²) in [4.78, 5) is 16.8. The number of hydrogen-bond donors (Lipinski definition) is 0. The number of carbonyl (C=O) groups is 1. The summed E-state index contributed by atoms with van der Waals surface area (Å²) in [6.07, 6.45) is 8.39. The van der Waals surface area contributed by atoms with Gasteiger partial charge in [0.25, 0.3) is 0 Å². The Morgan fingerprint density at radius 2 is 1.92 bits per heavy atom. The summed E-state index contributed by atoms with van der Waals surface area (Å²) in [5, 5.41) is 1.17. The predicted molar refractivity (Wildman–Crippen MR) is 101 cm³/mol. The van der Waals surface area contributed by atoms with Gasteiger partial charge in [-0.1, -0.05) is 48.3 Å². The second-order valence-electron chi connectivity index (χ2n) is 6.69. The van der Waals surface area contributed by atoms with E-state index in [1.807, 2.05) is 25.1 Å². The topological polar surface area (TPSA) is 23.6 Å². The lowest BCUT2D eigenvalue weighted by Gasteiger charge is -2.50. The van der Waals surface area contributed by atoms with Crippen LogP contribution in [-0.2, 0) is 4.79 Å². The van der Waals surface area contributed by atoms with E-state index in [4.69, 9.17) is 23.2 Å². The minimum atomic E-state index is 0.315. The lowest BCUT2D eigenvalue weighted by molar-refractivity contribution is -0.142. The van der Waals surface area contributed by atoms with Crippen LogP contribution in [0.5, 0.6) is 0 Å². The molecule has 1 aromatic carbocycles. The maximum atomic E-state index is 12.2. The number of nitrogens with zero attached hydrogens (tertiary/aromatic N) is 2. The van der Waals surface area contributed by atoms with E-state index in [0.717, 1.165) is 38.0 Å². The van der Waals surface area contributed by atoms with Crippen molar-refractivity contribution in [1.82, 2.24) is 9.80 Å². The monoisotopic (exact) mass is 366 g/mol. The summed E-state index contributed by atoms with van der Waals surface area (Å²) < 4.78 is 0. The first kappa shape index (κ1) is 17.8. The molecule has 0 N–H and O–H groups in total. The second kappa shape index (κ2) is 7.90. The Morgan fingerprint density at radius 1 is 1.21 bits per heavy atom. The predicted octanol–water partition coefficient (Wildman–Crippen LogP) is 4.48. The standard InChI is InChI=1S/C19H24Cl2N2O/c1-2-19(24)23-15-6-3-7-16(23)13-22(12-15)10-4-5-14-8-9-17(20)18(21)11-14/h4-5,8-9,11,15-16H,2-3,6-7,10,12-13H2,1H3/b5-4+. The molecule has 2 bridgehead atoms. The van der Waals surface area contributed by atoms with E-state index < -0.39 is 0 Å². The van der Waals surface area contributed by atoms with Crippen molar-refractivity contribution in [3.63, 3.8) is 0 Å². The van der Waals surface area contributed by atoms with Gasteiger partial charge in [-0.25, -0.2) is 0 Å². The third-order valence-electron chi connectivity index (χ3n) is 5.01. The minimum absolute atomic E-state index is 0.315. The van der Waals surface area contributed by atoms with E-state index in [1.165, 1.54) is 6.42 Å². The van der Waals surface area contributed by atoms with Crippen LogP contribution in [0.2, 0.25) is 10.0 Å². The molecule has 3 rings (SSSR count). The maximum absolute atomic E-state index is 12.2. The molecular formula is C19H24Cl2N2O. The van der Waals surface area contributed by atoms with Gasteiger partial charge in [-0.15, -0.1) is 0 Å². The highest BCUT2D eigenvalue weighted by atomic mass is 35.5. The van der Waals surface area contributed by atoms with Gasteiger partial charge in [0, 0.05) is 38.1 Å². The molecule has 2 heterocycles. The van der Waals surface area contributed by atoms with E-state index >= 15 is 0 Å². The Bertz CT molecular complexity index is 618. The molecule has 0 spiro atoms. The molecule has 24 heavy (non-hydrogen) atoms. The highest BCUT2D eigenvalue weighted by Crippen LogP contribution is 2.29. The minimum Gasteiger partial charge on any atom is -0.334 e. The average molecular weight is 367 g/mol. The highest BCUT2D eigenvalue weighted by molar-refractivity contribution is 6.42. The van der Waals surface area contributed by atoms with E-state index in [2.05, 4.69) is 22.0 Å². The van der Waals surface area contributed by atoms with Crippen molar-refractivity contribution < 1.29 is 4.79 Å². The second-order valence-corrected chi connectivity index (χ2v) is 7.50. The third kappa shape index (κ3) is 3.96. The largest absolute Gasteiger partial charge is 0.334 e. The van der Waals surface area contributed by atoms with Crippen LogP contribution < -0.4 is 0 Å². The molecule has 2 atom stereocenters. The molecule has 2 aliphatic rings. The van der Waals surface area contributed by atoms with Crippen LogP contribution in [0.3, 0.4) is 0 Å². The van der Waals surface area contributed by atoms with Crippen molar-refractivity contribution in [2.45, 2.75) is 44.7 Å². The van der Waals surface area contributed by atoms with Crippen molar-refractivity contribution in [2.24, 2.45) is 0 Å². The molecule has 1 amide bonds. The summed E-state index contributed by atoms with van der Waals surface area (Å²) in [6, 6.07) is 6.46. The van der Waals surface area contributed by atoms with Gasteiger partial charge in [-0.05, 0) is 37.0 Å². The molecule has 1 aromatic rings. The van der Waals surface area contributed by atoms with Crippen LogP contribution >= 0.6 is 23.2 Å². The molecule has 0 saturated carbocycles. The summed E-state index contributed by atoms with van der Waals surface area (Å²) in [6.45, 7) is 4.83. The molecular weight excluding hydrogens is 343 g/mol. The molecule has 130 valence electrons. The van der Waals surface area contributed by atoms with E-state index in [1.54, 1.807) is 0 Å². The average Bonchev–Trinajstić information content (AvgIpc) is 2.56. The molecule has 0 aromatic heterocycles. The van der Waals surface area contributed by atoms with Crippen molar-refractivity contribution in [3.05, 3.63) is 39.9 Å². The molecule has 2 fully saturated rings. The number of halogens is 2. The number of fused-ring (bicyclic) bond motifs is 2. The summed E-state index contributed by atoms with van der Waals surface area (Å²) in [5.41, 5.74) is 1.06. The zero-order chi connectivity index (χ0) is 17.1. The Kier molecular flexibility index (Phi) is 5.85. The van der Waals surface area contributed by atoms with Crippen molar-refractivity contribution in [2.75, 3.05) is 19.6 Å². The molecule has 0 aliphatic carbocycles. The van der Waals surface area contributed by atoms with Crippen molar-refractivity contribution in [1.29, 1.82) is 0 Å². The molecule has 0 radical (unpaired) electrons. The summed E-state index contributed by atoms with van der Waals surface area (Å²) in [7, 11) is 0. The van der Waals surface area contributed by atoms with Crippen LogP contribution in [-0.4, -0.2) is 47.4 Å². The Labute approximate surface area is 154 Å². The normalized spacial score (nSPS) is 24.5. The van der Waals surface area contributed by atoms with Gasteiger partial charge in [0.1, 0.15) is 0 Å². The first-order valence-corrected chi connectivity index (χ1v) is 9.49. The molecule has 2 unspecified atom stereocenters. The fourth-order valence-corrected chi connectivity index (χ4v) is 4.19. The van der Waals surface area contributed by atoms with Gasteiger partial charge < -0.3 is 4.90 Å². The molecule has 5 heteroatoms. The lowest BCUT2D eigenvalue weighted by Crippen LogP contribution is -2.62. The number of hydrogen-bond acceptors (Lipinski definition) is 2. The third-order valence-corrected chi connectivity index (χ3v) is 5.75. The highest BCUT2D eigenvalue weighted by Gasteiger charge is 2.38. The number of carbonyl (C=O) groups excluding carboxylic acids is 1. The SMILES string of the molecule is CCC(=O)N1C2CCCC1CN(C/C=C/c1ccc(Cl)c(Cl)c1)C2. The number of amides is 1. The number of piperazine rings is 1. The van der Waals surface area contributed by atoms with Gasteiger partial charge >= 0.3 is 0 Å². The lowest BCUT2D eigenvalue weighted by atomic mass is 9.91. The van der Waals surface area contributed by atoms with Gasteiger partial charge in [-0.2, -0.15) is 0 Å². The number of likely N-dealkylation sites (tertiary alicyclic amines) is 1. The Morgan fingerprint density at radius 3 is 2.54 bits per heavy atom. The zero-order valence-electron chi connectivity index (χ0n) is 14.0. The van der Waals surface area contributed by atoms with Gasteiger partial charge in [0.15, 0.2) is 0 Å². The Balaban J connectivity index is 1.60. The van der Waals surface area contributed by atoms with E-state index in [-0.39, 0.29) is 0 Å². The van der Waals surface area contributed by atoms with Crippen LogP contribution in [0.15, 0.2) is 24.3 Å². The summed E-state index contributed by atoms with van der Waals surface area (Å²) >= 11 is 12.0. The van der Waals surface area contributed by atoms with Crippen LogP contribution in [0, 0.1) is 0 Å². The van der Waals surface area contributed by atoms with Crippen molar-refractivity contribution >= 4 is 35.2 Å². The zero-order valence-corrected chi connectivity index (χ0v) is 15.6. The molecule has 2 saturated heterocycles. The van der Waals surface area contributed by atoms with Gasteiger partial charge in [0.05, 0.1) is 10.0 Å². The van der Waals surface area contributed by atoms with E-state index in [0.29, 0.717) is 34.5 Å². The van der Waals surface area contributed by atoms with Crippen LogP contribution in [0.1, 0.15) is 38.2 Å². The van der Waals surface area contributed by atoms with Crippen LogP contribution in [0.4, 0.5) is 0 Å². The van der Waals surface area contributed by atoms with Gasteiger partial charge in [0.2, 0.25) is 5.91 Å². The van der Waals surface area contributed by atoms with Gasteiger partial charge in [-0.3, -0.25) is 9.69 Å². The smallest absolute Gasteiger partial charge is 0.222 e. The first-order chi connectivity index (χ1) is 11.6. The van der Waals surface area contributed by atoms with Crippen LogP contribution in [0.25, 0.3) is 6.08 Å². The molecule has 3 nitrogen and oxygen atoms in total. The quantitative estimate of drug-likeness (QED) is 0.783. The summed E-state index contributed by atoms with van der Waals surface area (Å²) in [5.74, 6) is 0.315. The maximum Gasteiger partial charge on any atom is 0.222 e. The van der Waals surface area contributed by atoms with E-state index in [9.17, 15) is 4.79 Å². The molecule has 2 aliphatic heterocycles. The number of rotatable bonds is 4.